The van der Waals surface area contributed by atoms with E-state index in [9.17, 15) is 9.59 Å². The highest BCUT2D eigenvalue weighted by molar-refractivity contribution is 6.05. The number of hydrogen-bond donors (Lipinski definition) is 1. The van der Waals surface area contributed by atoms with Crippen molar-refractivity contribution in [2.24, 2.45) is 0 Å². The van der Waals surface area contributed by atoms with Crippen LogP contribution in [0.25, 0.3) is 5.78 Å². The van der Waals surface area contributed by atoms with Crippen LogP contribution in [0.4, 0.5) is 5.95 Å². The van der Waals surface area contributed by atoms with E-state index in [1.54, 1.807) is 17.0 Å². The summed E-state index contributed by atoms with van der Waals surface area (Å²) in [6.07, 6.45) is 2.58. The number of carbonyl (C=O) groups is 1. The van der Waals surface area contributed by atoms with Crippen LogP contribution in [-0.4, -0.2) is 25.5 Å². The van der Waals surface area contributed by atoms with Gasteiger partial charge in [-0.3, -0.25) is 19.6 Å². The first-order chi connectivity index (χ1) is 15.1. The second-order valence-corrected chi connectivity index (χ2v) is 7.51. The lowest BCUT2D eigenvalue weighted by atomic mass is 10.1. The second-order valence-electron chi connectivity index (χ2n) is 7.51. The molecule has 0 saturated heterocycles. The predicted octanol–water partition coefficient (Wildman–Crippen LogP) is 3.92. The molecular weight excluding hydrogens is 390 g/mol. The van der Waals surface area contributed by atoms with Gasteiger partial charge in [0, 0.05) is 11.1 Å². The van der Waals surface area contributed by atoms with E-state index in [-0.39, 0.29) is 23.2 Å². The number of nitrogens with one attached hydrogen (secondary N) is 1. The van der Waals surface area contributed by atoms with E-state index in [1.807, 2.05) is 55.5 Å². The van der Waals surface area contributed by atoms with Crippen molar-refractivity contribution < 1.29 is 4.79 Å². The lowest BCUT2D eigenvalue weighted by Crippen LogP contribution is -2.31. The number of H-pyrrole nitrogens is 1. The zero-order valence-corrected chi connectivity index (χ0v) is 17.7. The molecule has 4 rings (SSSR count). The normalized spacial score (nSPS) is 11.0. The molecule has 2 heterocycles. The summed E-state index contributed by atoms with van der Waals surface area (Å²) >= 11 is 0. The Bertz CT molecular complexity index is 1250. The van der Waals surface area contributed by atoms with E-state index in [0.717, 1.165) is 18.4 Å². The molecule has 0 aliphatic rings. The number of anilines is 1. The number of amides is 1. The van der Waals surface area contributed by atoms with Crippen LogP contribution in [0.2, 0.25) is 0 Å². The van der Waals surface area contributed by atoms with Crippen molar-refractivity contribution in [3.05, 3.63) is 93.4 Å². The monoisotopic (exact) mass is 415 g/mol. The average molecular weight is 415 g/mol. The summed E-state index contributed by atoms with van der Waals surface area (Å²) in [5.41, 5.74) is 2.69. The van der Waals surface area contributed by atoms with E-state index in [2.05, 4.69) is 22.0 Å². The molecule has 0 saturated carbocycles. The van der Waals surface area contributed by atoms with Crippen molar-refractivity contribution in [1.82, 2.24) is 19.6 Å². The quantitative estimate of drug-likeness (QED) is 0.496. The second kappa shape index (κ2) is 8.95. The fraction of sp³-hybridized carbons (Fsp3) is 0.250. The first-order valence-corrected chi connectivity index (χ1v) is 10.5. The van der Waals surface area contributed by atoms with Gasteiger partial charge in [0.2, 0.25) is 5.95 Å². The number of unbranched alkanes of at least 4 members (excludes halogenated alkanes) is 1. The van der Waals surface area contributed by atoms with Gasteiger partial charge in [0.05, 0.1) is 12.2 Å². The number of nitrogens with zero attached hydrogens (tertiary/aromatic N) is 4. The van der Waals surface area contributed by atoms with Crippen molar-refractivity contribution in [2.45, 2.75) is 39.7 Å². The maximum Gasteiger partial charge on any atom is 0.277 e. The van der Waals surface area contributed by atoms with Crippen LogP contribution in [0.5, 0.6) is 0 Å². The van der Waals surface area contributed by atoms with Crippen LogP contribution < -0.4 is 10.5 Å². The minimum absolute atomic E-state index is 0.165. The topological polar surface area (TPSA) is 83.4 Å². The molecule has 0 spiro atoms. The number of hydrogen-bond acceptors (Lipinski definition) is 4. The highest BCUT2D eigenvalue weighted by Gasteiger charge is 2.23. The number of rotatable bonds is 7. The van der Waals surface area contributed by atoms with Crippen molar-refractivity contribution >= 4 is 17.6 Å². The highest BCUT2D eigenvalue weighted by atomic mass is 16.2. The van der Waals surface area contributed by atoms with E-state index in [1.165, 1.54) is 4.52 Å². The zero-order chi connectivity index (χ0) is 21.8. The van der Waals surface area contributed by atoms with Gasteiger partial charge in [-0.2, -0.15) is 9.50 Å². The molecule has 158 valence electrons. The van der Waals surface area contributed by atoms with Gasteiger partial charge in [0.15, 0.2) is 0 Å². The molecule has 1 N–H and O–H groups in total. The number of aryl methyl sites for hydroxylation is 1. The number of carbonyl (C=O) groups excluding carboxylic acids is 1. The van der Waals surface area contributed by atoms with Gasteiger partial charge in [0.1, 0.15) is 0 Å². The largest absolute Gasteiger partial charge is 0.277 e. The molecular formula is C24H25N5O2. The fourth-order valence-corrected chi connectivity index (χ4v) is 3.55. The summed E-state index contributed by atoms with van der Waals surface area (Å²) in [5, 5.41) is 3.01. The summed E-state index contributed by atoms with van der Waals surface area (Å²) in [5.74, 6) is 0.338. The molecule has 1 amide bonds. The molecule has 0 fully saturated rings. The Morgan fingerprint density at radius 3 is 2.39 bits per heavy atom. The Labute approximate surface area is 180 Å². The van der Waals surface area contributed by atoms with Crippen LogP contribution in [0, 0.1) is 6.92 Å². The Balaban J connectivity index is 1.79. The van der Waals surface area contributed by atoms with Crippen LogP contribution in [0.3, 0.4) is 0 Å². The van der Waals surface area contributed by atoms with Gasteiger partial charge >= 0.3 is 0 Å². The third-order valence-electron chi connectivity index (χ3n) is 5.27. The maximum atomic E-state index is 13.3. The van der Waals surface area contributed by atoms with Crippen LogP contribution in [-0.2, 0) is 13.0 Å². The Kier molecular flexibility index (Phi) is 5.93. The van der Waals surface area contributed by atoms with Gasteiger partial charge in [-0.15, -0.1) is 0 Å². The number of benzene rings is 2. The molecule has 2 aromatic heterocycles. The minimum Gasteiger partial charge on any atom is -0.272 e. The van der Waals surface area contributed by atoms with E-state index in [0.29, 0.717) is 29.8 Å². The van der Waals surface area contributed by atoms with Crippen molar-refractivity contribution in [1.29, 1.82) is 0 Å². The zero-order valence-electron chi connectivity index (χ0n) is 17.7. The summed E-state index contributed by atoms with van der Waals surface area (Å²) in [6, 6.07) is 18.7. The molecule has 7 heteroatoms. The third-order valence-corrected chi connectivity index (χ3v) is 5.27. The van der Waals surface area contributed by atoms with Crippen molar-refractivity contribution in [2.75, 3.05) is 4.90 Å². The summed E-state index contributed by atoms with van der Waals surface area (Å²) in [7, 11) is 0. The molecule has 0 radical (unpaired) electrons. The van der Waals surface area contributed by atoms with Crippen LogP contribution in [0.15, 0.2) is 65.5 Å². The van der Waals surface area contributed by atoms with Gasteiger partial charge in [-0.25, -0.2) is 4.98 Å². The summed E-state index contributed by atoms with van der Waals surface area (Å²) < 4.78 is 1.34. The molecule has 4 aromatic rings. The van der Waals surface area contributed by atoms with E-state index in [4.69, 9.17) is 0 Å². The molecule has 2 aromatic carbocycles. The van der Waals surface area contributed by atoms with Crippen LogP contribution in [0.1, 0.15) is 46.9 Å². The molecule has 7 nitrogen and oxygen atoms in total. The molecule has 0 atom stereocenters. The lowest BCUT2D eigenvalue weighted by Gasteiger charge is -2.19. The molecule has 0 unspecified atom stereocenters. The van der Waals surface area contributed by atoms with Gasteiger partial charge < -0.3 is 0 Å². The van der Waals surface area contributed by atoms with Crippen molar-refractivity contribution in [3.63, 3.8) is 0 Å². The fourth-order valence-electron chi connectivity index (χ4n) is 3.55. The average Bonchev–Trinajstić information content (AvgIpc) is 3.22. The standard InChI is InChI=1S/C24H25N5O2/c1-3-4-15-20-17(2)25-23-26-24(27-29(23)22(20)31)28(16-18-11-7-5-8-12-18)21(30)19-13-9-6-10-14-19/h5-14H,3-4,15-16H2,1-2H3,(H,25,26,27). The summed E-state index contributed by atoms with van der Waals surface area (Å²) in [6.45, 7) is 4.23. The first-order valence-electron chi connectivity index (χ1n) is 10.5. The smallest absolute Gasteiger partial charge is 0.272 e. The first kappa shape index (κ1) is 20.5. The summed E-state index contributed by atoms with van der Waals surface area (Å²) in [4.78, 5) is 36.9. The number of aromatic nitrogens is 4. The lowest BCUT2D eigenvalue weighted by molar-refractivity contribution is 0.0983. The van der Waals surface area contributed by atoms with Gasteiger partial charge in [-0.1, -0.05) is 61.9 Å². The van der Waals surface area contributed by atoms with Gasteiger partial charge in [0.25, 0.3) is 17.2 Å². The number of aromatic amines is 1. The minimum atomic E-state index is -0.209. The van der Waals surface area contributed by atoms with Crippen molar-refractivity contribution in [3.8, 4) is 0 Å². The van der Waals surface area contributed by atoms with Crippen LogP contribution >= 0.6 is 0 Å². The molecule has 0 aliphatic heterocycles. The SMILES string of the molecule is CCCCc1c(C)nc2nc(N(Cc3ccccc3)C(=O)c3ccccc3)[nH]n2c1=O. The van der Waals surface area contributed by atoms with E-state index >= 15 is 0 Å². The third kappa shape index (κ3) is 4.26. The molecule has 0 aliphatic carbocycles. The highest BCUT2D eigenvalue weighted by Crippen LogP contribution is 2.18. The predicted molar refractivity (Wildman–Crippen MR) is 120 cm³/mol. The van der Waals surface area contributed by atoms with Gasteiger partial charge in [-0.05, 0) is 37.5 Å². The Morgan fingerprint density at radius 1 is 1.03 bits per heavy atom. The van der Waals surface area contributed by atoms with E-state index < -0.39 is 0 Å². The number of fused-ring (bicyclic) bond motifs is 1. The Hall–Kier alpha value is -3.74. The maximum absolute atomic E-state index is 13.3. The Morgan fingerprint density at radius 2 is 1.71 bits per heavy atom. The molecule has 31 heavy (non-hydrogen) atoms. The molecule has 0 bridgehead atoms.